The van der Waals surface area contributed by atoms with Gasteiger partial charge >= 0.3 is 17.9 Å². The zero-order chi connectivity index (χ0) is 23.4. The lowest BCUT2D eigenvalue weighted by atomic mass is 9.85. The predicted octanol–water partition coefficient (Wildman–Crippen LogP) is 3.79. The van der Waals surface area contributed by atoms with Crippen molar-refractivity contribution in [3.8, 4) is 0 Å². The molecule has 0 N–H and O–H groups in total. The molecule has 1 saturated heterocycles. The van der Waals surface area contributed by atoms with Gasteiger partial charge in [0.2, 0.25) is 0 Å². The SMILES string of the molecule is C=C(C)C1C[C@H](OC(C)=O)C2=C[C@@H](C[C@@]3(C)O[C@H]3c3cc(C)c(o3)[C@@H]1OC(C)=O)OC2=O. The van der Waals surface area contributed by atoms with E-state index in [4.69, 9.17) is 23.4 Å². The van der Waals surface area contributed by atoms with E-state index in [1.54, 1.807) is 13.0 Å². The van der Waals surface area contributed by atoms with Crippen LogP contribution in [0.3, 0.4) is 0 Å². The minimum atomic E-state index is -0.885. The average molecular weight is 444 g/mol. The summed E-state index contributed by atoms with van der Waals surface area (Å²) in [4.78, 5) is 36.6. The van der Waals surface area contributed by atoms with Gasteiger partial charge in [-0.1, -0.05) is 12.2 Å². The van der Waals surface area contributed by atoms with Gasteiger partial charge in [0.1, 0.15) is 35.4 Å². The quantitative estimate of drug-likeness (QED) is 0.300. The molecule has 32 heavy (non-hydrogen) atoms. The number of fused-ring (bicyclic) bond motifs is 5. The highest BCUT2D eigenvalue weighted by Gasteiger charge is 2.57. The number of hydrogen-bond donors (Lipinski definition) is 0. The summed E-state index contributed by atoms with van der Waals surface area (Å²) in [6.45, 7) is 12.3. The molecule has 1 aromatic rings. The van der Waals surface area contributed by atoms with Crippen LogP contribution in [0.5, 0.6) is 0 Å². The van der Waals surface area contributed by atoms with Crippen molar-refractivity contribution in [2.45, 2.75) is 77.5 Å². The Morgan fingerprint density at radius 1 is 1.19 bits per heavy atom. The molecule has 4 rings (SSSR count). The van der Waals surface area contributed by atoms with Crippen molar-refractivity contribution < 1.29 is 37.7 Å². The van der Waals surface area contributed by atoms with Crippen LogP contribution in [0.4, 0.5) is 0 Å². The number of carbonyl (C=O) groups is 3. The number of carbonyl (C=O) groups excluding carboxylic acids is 3. The number of hydrogen-bond acceptors (Lipinski definition) is 8. The lowest BCUT2D eigenvalue weighted by Crippen LogP contribution is -2.29. The van der Waals surface area contributed by atoms with Crippen molar-refractivity contribution in [1.82, 2.24) is 0 Å². The van der Waals surface area contributed by atoms with Crippen molar-refractivity contribution in [1.29, 1.82) is 0 Å². The summed E-state index contributed by atoms with van der Waals surface area (Å²) in [6, 6.07) is 1.88. The van der Waals surface area contributed by atoms with E-state index in [0.717, 1.165) is 5.56 Å². The number of rotatable bonds is 3. The van der Waals surface area contributed by atoms with Gasteiger partial charge in [0, 0.05) is 26.2 Å². The fraction of sp³-hybridized carbons (Fsp3) is 0.542. The highest BCUT2D eigenvalue weighted by atomic mass is 16.6. The normalized spacial score (nSPS) is 33.5. The Hall–Kier alpha value is -2.87. The second-order valence-electron chi connectivity index (χ2n) is 9.09. The van der Waals surface area contributed by atoms with E-state index in [-0.39, 0.29) is 18.1 Å². The van der Waals surface area contributed by atoms with Gasteiger partial charge < -0.3 is 23.4 Å². The molecule has 0 spiro atoms. The zero-order valence-electron chi connectivity index (χ0n) is 18.9. The molecule has 0 aromatic carbocycles. The molecule has 4 bridgehead atoms. The molecule has 1 fully saturated rings. The fourth-order valence-electron chi connectivity index (χ4n) is 4.68. The van der Waals surface area contributed by atoms with Crippen LogP contribution in [0, 0.1) is 12.8 Å². The molecule has 0 saturated carbocycles. The molecule has 4 heterocycles. The van der Waals surface area contributed by atoms with E-state index in [9.17, 15) is 14.4 Å². The first-order chi connectivity index (χ1) is 15.0. The topological polar surface area (TPSA) is 105 Å². The third kappa shape index (κ3) is 4.11. The van der Waals surface area contributed by atoms with Gasteiger partial charge in [-0.3, -0.25) is 9.59 Å². The number of esters is 3. The Balaban J connectivity index is 1.84. The number of aryl methyl sites for hydroxylation is 1. The second kappa shape index (κ2) is 7.92. The van der Waals surface area contributed by atoms with Crippen LogP contribution in [0.1, 0.15) is 69.8 Å². The maximum atomic E-state index is 12.7. The smallest absolute Gasteiger partial charge is 0.338 e. The summed E-state index contributed by atoms with van der Waals surface area (Å²) < 4.78 is 28.9. The van der Waals surface area contributed by atoms with Crippen molar-refractivity contribution in [3.63, 3.8) is 0 Å². The predicted molar refractivity (Wildman–Crippen MR) is 111 cm³/mol. The first-order valence-electron chi connectivity index (χ1n) is 10.7. The van der Waals surface area contributed by atoms with Gasteiger partial charge in [-0.15, -0.1) is 0 Å². The largest absolute Gasteiger partial charge is 0.459 e. The van der Waals surface area contributed by atoms with Crippen LogP contribution in [0.2, 0.25) is 0 Å². The monoisotopic (exact) mass is 444 g/mol. The average Bonchev–Trinajstić information content (AvgIpc) is 2.98. The molecular weight excluding hydrogens is 416 g/mol. The summed E-state index contributed by atoms with van der Waals surface area (Å²) in [7, 11) is 0. The summed E-state index contributed by atoms with van der Waals surface area (Å²) in [5.41, 5.74) is 1.20. The van der Waals surface area contributed by atoms with E-state index in [1.165, 1.54) is 13.8 Å². The maximum absolute atomic E-state index is 12.7. The van der Waals surface area contributed by atoms with Crippen molar-refractivity contribution >= 4 is 17.9 Å². The van der Waals surface area contributed by atoms with Crippen LogP contribution in [0.25, 0.3) is 0 Å². The molecule has 0 radical (unpaired) electrons. The summed E-state index contributed by atoms with van der Waals surface area (Å²) >= 11 is 0. The van der Waals surface area contributed by atoms with E-state index >= 15 is 0 Å². The first kappa shape index (κ1) is 22.3. The molecule has 8 heteroatoms. The maximum Gasteiger partial charge on any atom is 0.338 e. The Morgan fingerprint density at radius 3 is 2.50 bits per heavy atom. The summed E-state index contributed by atoms with van der Waals surface area (Å²) in [6.07, 6.45) is -0.196. The minimum absolute atomic E-state index is 0.174. The molecule has 1 unspecified atom stereocenters. The molecular formula is C24H28O8. The zero-order valence-corrected chi connectivity index (χ0v) is 18.9. The van der Waals surface area contributed by atoms with Crippen LogP contribution >= 0.6 is 0 Å². The third-order valence-corrected chi connectivity index (χ3v) is 6.26. The lowest BCUT2D eigenvalue weighted by molar-refractivity contribution is -0.154. The third-order valence-electron chi connectivity index (χ3n) is 6.26. The van der Waals surface area contributed by atoms with Crippen LogP contribution < -0.4 is 0 Å². The van der Waals surface area contributed by atoms with Crippen molar-refractivity contribution in [2.75, 3.05) is 0 Å². The number of epoxide rings is 1. The fourth-order valence-corrected chi connectivity index (χ4v) is 4.68. The molecule has 0 aliphatic carbocycles. The van der Waals surface area contributed by atoms with Crippen molar-refractivity contribution in [3.05, 3.63) is 47.0 Å². The molecule has 6 atom stereocenters. The lowest BCUT2D eigenvalue weighted by Gasteiger charge is -2.29. The minimum Gasteiger partial charge on any atom is -0.459 e. The van der Waals surface area contributed by atoms with Gasteiger partial charge in [-0.05, 0) is 44.9 Å². The van der Waals surface area contributed by atoms with Crippen molar-refractivity contribution in [2.24, 2.45) is 5.92 Å². The van der Waals surface area contributed by atoms with Gasteiger partial charge in [0.05, 0.1) is 5.57 Å². The van der Waals surface area contributed by atoms with E-state index < -0.39 is 47.7 Å². The molecule has 8 nitrogen and oxygen atoms in total. The second-order valence-corrected chi connectivity index (χ2v) is 9.09. The Kier molecular flexibility index (Phi) is 5.53. The Bertz CT molecular complexity index is 1020. The molecule has 0 amide bonds. The highest BCUT2D eigenvalue weighted by Crippen LogP contribution is 2.54. The van der Waals surface area contributed by atoms with Gasteiger partial charge in [-0.25, -0.2) is 4.79 Å². The van der Waals surface area contributed by atoms with Crippen LogP contribution in [-0.4, -0.2) is 35.7 Å². The first-order valence-corrected chi connectivity index (χ1v) is 10.7. The number of furan rings is 1. The van der Waals surface area contributed by atoms with E-state index in [2.05, 4.69) is 6.58 Å². The van der Waals surface area contributed by atoms with Crippen LogP contribution in [0.15, 0.2) is 34.3 Å². The molecule has 3 aliphatic rings. The molecule has 1 aromatic heterocycles. The van der Waals surface area contributed by atoms with Gasteiger partial charge in [0.25, 0.3) is 0 Å². The molecule has 3 aliphatic heterocycles. The Labute approximate surface area is 186 Å². The summed E-state index contributed by atoms with van der Waals surface area (Å²) in [5, 5.41) is 0. The van der Waals surface area contributed by atoms with E-state index in [1.807, 2.05) is 19.9 Å². The summed E-state index contributed by atoms with van der Waals surface area (Å²) in [5.74, 6) is -0.919. The van der Waals surface area contributed by atoms with Crippen LogP contribution in [-0.2, 0) is 33.3 Å². The highest BCUT2D eigenvalue weighted by molar-refractivity contribution is 5.92. The standard InChI is InChI=1S/C24H28O8/c1-11(2)16-9-18(28-13(4)25)17-8-15(30-23(17)27)10-24(6)22(32-24)19-7-12(3)20(31-19)21(16)29-14(5)26/h7-8,15-16,18,21-22H,1,9-10H2,2-6H3/t15-,16?,18-,21+,22-,24+/m0/s1. The number of ether oxygens (including phenoxy) is 4. The van der Waals surface area contributed by atoms with Gasteiger partial charge in [-0.2, -0.15) is 0 Å². The van der Waals surface area contributed by atoms with E-state index in [0.29, 0.717) is 23.5 Å². The van der Waals surface area contributed by atoms with Gasteiger partial charge in [0.15, 0.2) is 6.10 Å². The molecule has 172 valence electrons. The Morgan fingerprint density at radius 2 is 1.88 bits per heavy atom.